The Hall–Kier alpha value is -3.54. The maximum atomic E-state index is 12.5. The van der Waals surface area contributed by atoms with E-state index in [1.807, 2.05) is 29.2 Å². The lowest BCUT2D eigenvalue weighted by Gasteiger charge is -2.20. The molecular weight excluding hydrogens is 557 g/mol. The summed E-state index contributed by atoms with van der Waals surface area (Å²) in [4.78, 5) is 23.0. The molecular formula is C30H36N4O5SSi. The molecule has 4 heterocycles. The molecule has 1 amide bonds. The van der Waals surface area contributed by atoms with Crippen LogP contribution < -0.4 is 4.74 Å². The Bertz CT molecular complexity index is 1650. The summed E-state index contributed by atoms with van der Waals surface area (Å²) in [5.41, 5.74) is 3.55. The molecule has 0 N–H and O–H groups in total. The number of pyridine rings is 2. The van der Waals surface area contributed by atoms with Gasteiger partial charge in [-0.1, -0.05) is 25.7 Å². The van der Waals surface area contributed by atoms with Crippen LogP contribution in [0.1, 0.15) is 18.4 Å². The van der Waals surface area contributed by atoms with E-state index in [9.17, 15) is 13.2 Å². The topological polar surface area (TPSA) is 104 Å². The smallest absolute Gasteiger partial charge is 0.222 e. The summed E-state index contributed by atoms with van der Waals surface area (Å²) in [6, 6.07) is 16.0. The number of hydrogen-bond donors (Lipinski definition) is 0. The van der Waals surface area contributed by atoms with E-state index in [0.717, 1.165) is 46.6 Å². The monoisotopic (exact) mass is 592 g/mol. The highest BCUT2D eigenvalue weighted by atomic mass is 32.2. The van der Waals surface area contributed by atoms with Gasteiger partial charge in [-0.15, -0.1) is 0 Å². The molecule has 11 heteroatoms. The summed E-state index contributed by atoms with van der Waals surface area (Å²) in [6.45, 7) is 9.15. The van der Waals surface area contributed by atoms with Gasteiger partial charge < -0.3 is 18.9 Å². The predicted molar refractivity (Wildman–Crippen MR) is 161 cm³/mol. The van der Waals surface area contributed by atoms with Crippen molar-refractivity contribution in [1.29, 1.82) is 0 Å². The fraction of sp³-hybridized carbons (Fsp3) is 0.367. The molecule has 216 valence electrons. The van der Waals surface area contributed by atoms with Crippen molar-refractivity contribution in [3.63, 3.8) is 0 Å². The molecule has 41 heavy (non-hydrogen) atoms. The van der Waals surface area contributed by atoms with Crippen LogP contribution in [0.3, 0.4) is 0 Å². The van der Waals surface area contributed by atoms with Gasteiger partial charge in [0, 0.05) is 57.6 Å². The van der Waals surface area contributed by atoms with Crippen LogP contribution in [0, 0.1) is 0 Å². The number of ether oxygens (including phenoxy) is 2. The van der Waals surface area contributed by atoms with Crippen molar-refractivity contribution in [3.8, 4) is 22.9 Å². The molecule has 9 nitrogen and oxygen atoms in total. The van der Waals surface area contributed by atoms with Crippen LogP contribution in [0.2, 0.25) is 25.7 Å². The molecule has 1 aromatic carbocycles. The highest BCUT2D eigenvalue weighted by molar-refractivity contribution is 7.90. The Kier molecular flexibility index (Phi) is 8.30. The first-order valence-corrected chi connectivity index (χ1v) is 19.3. The minimum Gasteiger partial charge on any atom is -0.455 e. The van der Waals surface area contributed by atoms with Gasteiger partial charge in [-0.05, 0) is 54.9 Å². The normalized spacial score (nSPS) is 14.2. The molecule has 5 rings (SSSR count). The molecule has 1 fully saturated rings. The average Bonchev–Trinajstić information content (AvgIpc) is 3.49. The van der Waals surface area contributed by atoms with E-state index in [4.69, 9.17) is 9.47 Å². The van der Waals surface area contributed by atoms with E-state index in [1.165, 1.54) is 12.3 Å². The lowest BCUT2D eigenvalue weighted by Crippen LogP contribution is -2.24. The van der Waals surface area contributed by atoms with Crippen LogP contribution in [-0.4, -0.2) is 61.2 Å². The molecule has 1 aliphatic heterocycles. The first-order valence-electron chi connectivity index (χ1n) is 13.7. The number of likely N-dealkylation sites (tertiary alicyclic amines) is 1. The van der Waals surface area contributed by atoms with Gasteiger partial charge >= 0.3 is 0 Å². The van der Waals surface area contributed by atoms with E-state index in [1.54, 1.807) is 12.3 Å². The minimum absolute atomic E-state index is 0.0191. The zero-order valence-electron chi connectivity index (χ0n) is 24.0. The van der Waals surface area contributed by atoms with Gasteiger partial charge in [-0.2, -0.15) is 0 Å². The van der Waals surface area contributed by atoms with Gasteiger partial charge in [0.15, 0.2) is 14.9 Å². The van der Waals surface area contributed by atoms with E-state index < -0.39 is 17.9 Å². The summed E-state index contributed by atoms with van der Waals surface area (Å²) in [6.07, 6.45) is 5.67. The second kappa shape index (κ2) is 11.7. The third kappa shape index (κ3) is 7.03. The first-order chi connectivity index (χ1) is 19.5. The molecule has 1 saturated heterocycles. The summed E-state index contributed by atoms with van der Waals surface area (Å²) >= 11 is 0. The number of rotatable bonds is 11. The van der Waals surface area contributed by atoms with Gasteiger partial charge in [0.25, 0.3) is 0 Å². The molecule has 1 aliphatic rings. The molecule has 0 aliphatic carbocycles. The van der Waals surface area contributed by atoms with E-state index >= 15 is 0 Å². The Morgan fingerprint density at radius 1 is 1.05 bits per heavy atom. The van der Waals surface area contributed by atoms with Crippen LogP contribution in [0.4, 0.5) is 0 Å². The molecule has 0 spiro atoms. The molecule has 3 aromatic heterocycles. The third-order valence-corrected chi connectivity index (χ3v) is 9.78. The number of hydrogen-bond acceptors (Lipinski definition) is 7. The number of carbonyl (C=O) groups excluding carboxylic acids is 1. The van der Waals surface area contributed by atoms with Crippen molar-refractivity contribution in [1.82, 2.24) is 19.4 Å². The number of aromatic nitrogens is 3. The van der Waals surface area contributed by atoms with Gasteiger partial charge in [-0.3, -0.25) is 9.78 Å². The zero-order valence-corrected chi connectivity index (χ0v) is 25.8. The molecule has 0 radical (unpaired) electrons. The first kappa shape index (κ1) is 29.0. The van der Waals surface area contributed by atoms with Crippen LogP contribution in [0.5, 0.6) is 11.5 Å². The Balaban J connectivity index is 1.56. The van der Waals surface area contributed by atoms with E-state index in [-0.39, 0.29) is 10.9 Å². The summed E-state index contributed by atoms with van der Waals surface area (Å²) in [7, 11) is -4.67. The van der Waals surface area contributed by atoms with Crippen molar-refractivity contribution in [2.75, 3.05) is 19.4 Å². The van der Waals surface area contributed by atoms with Crippen LogP contribution in [-0.2, 0) is 32.6 Å². The largest absolute Gasteiger partial charge is 0.455 e. The van der Waals surface area contributed by atoms with Gasteiger partial charge in [0.1, 0.15) is 18.2 Å². The molecule has 0 saturated carbocycles. The second-order valence-corrected chi connectivity index (χ2v) is 19.2. The SMILES string of the molecule is C[Si](C)(C)CCOCn1c(-c2ccccn2)cc2cc(Oc3ccc(S(C)(=O)=O)nc3)c(CN3CCCC3=O)cc21. The molecule has 4 aromatic rings. The zero-order chi connectivity index (χ0) is 29.2. The Morgan fingerprint density at radius 3 is 2.51 bits per heavy atom. The lowest BCUT2D eigenvalue weighted by atomic mass is 10.1. The maximum absolute atomic E-state index is 12.5. The maximum Gasteiger partial charge on any atom is 0.222 e. The average molecular weight is 593 g/mol. The van der Waals surface area contributed by atoms with Crippen molar-refractivity contribution < 1.29 is 22.7 Å². The number of nitrogens with zero attached hydrogens (tertiary/aromatic N) is 4. The minimum atomic E-state index is -3.43. The second-order valence-electron chi connectivity index (χ2n) is 11.7. The number of benzene rings is 1. The summed E-state index contributed by atoms with van der Waals surface area (Å²) in [5, 5.41) is 0.918. The molecule has 0 atom stereocenters. The van der Waals surface area contributed by atoms with Crippen molar-refractivity contribution in [2.24, 2.45) is 0 Å². The fourth-order valence-electron chi connectivity index (χ4n) is 4.80. The number of fused-ring (bicyclic) bond motifs is 1. The van der Waals surface area contributed by atoms with Crippen LogP contribution in [0.15, 0.2) is 66.0 Å². The Morgan fingerprint density at radius 2 is 1.88 bits per heavy atom. The van der Waals surface area contributed by atoms with Crippen LogP contribution >= 0.6 is 0 Å². The van der Waals surface area contributed by atoms with Gasteiger partial charge in [0.05, 0.1) is 23.1 Å². The fourth-order valence-corrected chi connectivity index (χ4v) is 6.12. The third-order valence-electron chi connectivity index (χ3n) is 7.08. The summed E-state index contributed by atoms with van der Waals surface area (Å²) < 4.78 is 38.3. The standard InChI is InChI=1S/C30H36N4O5SSi/c1-40(36,37)29-11-10-24(19-32-29)39-28-18-22-16-27(25-8-5-6-12-31-25)34(21-38-14-15-41(2,3)4)26(22)17-23(28)20-33-13-7-9-30(33)35/h5-6,8,10-12,16-19H,7,9,13-15,20-21H2,1-4H3. The number of amides is 1. The Labute approximate surface area is 242 Å². The van der Waals surface area contributed by atoms with Crippen LogP contribution in [0.25, 0.3) is 22.3 Å². The number of carbonyl (C=O) groups is 1. The molecule has 0 bridgehead atoms. The van der Waals surface area contributed by atoms with E-state index in [2.05, 4.69) is 46.3 Å². The van der Waals surface area contributed by atoms with Gasteiger partial charge in [-0.25, -0.2) is 13.4 Å². The molecule has 0 unspecified atom stereocenters. The summed E-state index contributed by atoms with van der Waals surface area (Å²) in [5.74, 6) is 1.11. The highest BCUT2D eigenvalue weighted by Crippen LogP contribution is 2.36. The predicted octanol–water partition coefficient (Wildman–Crippen LogP) is 5.73. The van der Waals surface area contributed by atoms with Crippen molar-refractivity contribution in [2.45, 2.75) is 56.8 Å². The highest BCUT2D eigenvalue weighted by Gasteiger charge is 2.24. The quantitative estimate of drug-likeness (QED) is 0.162. The lowest BCUT2D eigenvalue weighted by molar-refractivity contribution is -0.128. The number of sulfone groups is 1. The van der Waals surface area contributed by atoms with Crippen molar-refractivity contribution in [3.05, 3.63) is 66.5 Å². The van der Waals surface area contributed by atoms with Crippen molar-refractivity contribution >= 4 is 34.7 Å². The van der Waals surface area contributed by atoms with Gasteiger partial charge in [0.2, 0.25) is 5.91 Å². The van der Waals surface area contributed by atoms with E-state index in [0.29, 0.717) is 44.3 Å².